The number of morpholine rings is 1. The Morgan fingerprint density at radius 1 is 1.33 bits per heavy atom. The lowest BCUT2D eigenvalue weighted by Gasteiger charge is -2.26. The van der Waals surface area contributed by atoms with Gasteiger partial charge in [-0.2, -0.15) is 0 Å². The van der Waals surface area contributed by atoms with Crippen molar-refractivity contribution in [1.29, 1.82) is 0 Å². The SMILES string of the molecule is Cc1ccc(OC(C)CN=C(N)NCCCN2CCOCC2)cc1. The van der Waals surface area contributed by atoms with Crippen LogP contribution >= 0.6 is 0 Å². The van der Waals surface area contributed by atoms with Crippen LogP contribution in [0.2, 0.25) is 0 Å². The molecule has 1 aromatic rings. The summed E-state index contributed by atoms with van der Waals surface area (Å²) < 4.78 is 11.2. The van der Waals surface area contributed by atoms with E-state index >= 15 is 0 Å². The highest BCUT2D eigenvalue weighted by molar-refractivity contribution is 5.77. The number of rotatable bonds is 8. The van der Waals surface area contributed by atoms with Gasteiger partial charge in [-0.05, 0) is 38.9 Å². The smallest absolute Gasteiger partial charge is 0.188 e. The number of ether oxygens (including phenoxy) is 2. The van der Waals surface area contributed by atoms with Crippen molar-refractivity contribution >= 4 is 5.96 Å². The summed E-state index contributed by atoms with van der Waals surface area (Å²) in [6.07, 6.45) is 1.03. The lowest BCUT2D eigenvalue weighted by molar-refractivity contribution is 0.0376. The molecule has 0 saturated carbocycles. The number of nitrogens with one attached hydrogen (secondary N) is 1. The predicted octanol–water partition coefficient (Wildman–Crippen LogP) is 1.39. The Kier molecular flexibility index (Phi) is 7.85. The van der Waals surface area contributed by atoms with Gasteiger partial charge in [0, 0.05) is 19.6 Å². The number of nitrogens with zero attached hydrogens (tertiary/aromatic N) is 2. The van der Waals surface area contributed by atoms with Crippen LogP contribution in [-0.4, -0.2) is 62.9 Å². The number of aryl methyl sites for hydroxylation is 1. The zero-order chi connectivity index (χ0) is 17.2. The van der Waals surface area contributed by atoms with Gasteiger partial charge < -0.3 is 20.5 Å². The van der Waals surface area contributed by atoms with Crippen molar-refractivity contribution in [2.75, 3.05) is 45.9 Å². The van der Waals surface area contributed by atoms with Crippen LogP contribution in [0.4, 0.5) is 0 Å². The average Bonchev–Trinajstić information content (AvgIpc) is 2.60. The van der Waals surface area contributed by atoms with E-state index in [-0.39, 0.29) is 6.10 Å². The maximum atomic E-state index is 5.90. The number of guanidine groups is 1. The molecule has 1 unspecified atom stereocenters. The van der Waals surface area contributed by atoms with Gasteiger partial charge >= 0.3 is 0 Å². The number of nitrogens with two attached hydrogens (primary N) is 1. The van der Waals surface area contributed by atoms with Gasteiger partial charge in [-0.15, -0.1) is 0 Å². The highest BCUT2D eigenvalue weighted by Gasteiger charge is 2.09. The Labute approximate surface area is 145 Å². The lowest BCUT2D eigenvalue weighted by atomic mass is 10.2. The Morgan fingerprint density at radius 3 is 2.75 bits per heavy atom. The van der Waals surface area contributed by atoms with Crippen LogP contribution in [0.1, 0.15) is 18.9 Å². The summed E-state index contributed by atoms with van der Waals surface area (Å²) in [5.41, 5.74) is 7.13. The molecule has 1 aliphatic heterocycles. The Hall–Kier alpha value is -1.79. The van der Waals surface area contributed by atoms with Crippen LogP contribution in [0, 0.1) is 6.92 Å². The van der Waals surface area contributed by atoms with Crippen molar-refractivity contribution in [3.8, 4) is 5.75 Å². The minimum Gasteiger partial charge on any atom is -0.489 e. The van der Waals surface area contributed by atoms with E-state index in [1.54, 1.807) is 0 Å². The van der Waals surface area contributed by atoms with Crippen molar-refractivity contribution in [2.24, 2.45) is 10.7 Å². The van der Waals surface area contributed by atoms with Crippen LogP contribution in [-0.2, 0) is 4.74 Å². The molecule has 1 heterocycles. The summed E-state index contributed by atoms with van der Waals surface area (Å²) in [7, 11) is 0. The third-order valence-electron chi connectivity index (χ3n) is 3.94. The van der Waals surface area contributed by atoms with Gasteiger partial charge in [0.25, 0.3) is 0 Å². The van der Waals surface area contributed by atoms with Gasteiger partial charge in [-0.1, -0.05) is 17.7 Å². The van der Waals surface area contributed by atoms with E-state index in [9.17, 15) is 0 Å². The topological polar surface area (TPSA) is 72.1 Å². The van der Waals surface area contributed by atoms with Gasteiger partial charge in [-0.3, -0.25) is 4.90 Å². The molecule has 2 rings (SSSR count). The molecule has 6 nitrogen and oxygen atoms in total. The molecule has 0 aromatic heterocycles. The minimum atomic E-state index is -0.0126. The van der Waals surface area contributed by atoms with E-state index in [4.69, 9.17) is 15.2 Å². The number of benzene rings is 1. The normalized spacial score (nSPS) is 17.5. The molecule has 0 bridgehead atoms. The molecule has 0 radical (unpaired) electrons. The Balaban J connectivity index is 1.59. The third-order valence-corrected chi connectivity index (χ3v) is 3.94. The zero-order valence-corrected chi connectivity index (χ0v) is 14.8. The van der Waals surface area contributed by atoms with Gasteiger partial charge in [0.2, 0.25) is 0 Å². The molecular formula is C18H30N4O2. The maximum Gasteiger partial charge on any atom is 0.188 e. The monoisotopic (exact) mass is 334 g/mol. The van der Waals surface area contributed by atoms with E-state index in [2.05, 4.69) is 22.1 Å². The molecule has 1 aromatic carbocycles. The molecule has 6 heteroatoms. The second kappa shape index (κ2) is 10.2. The highest BCUT2D eigenvalue weighted by Crippen LogP contribution is 2.13. The molecular weight excluding hydrogens is 304 g/mol. The van der Waals surface area contributed by atoms with E-state index in [1.807, 2.05) is 31.2 Å². The minimum absolute atomic E-state index is 0.0126. The number of hydrogen-bond donors (Lipinski definition) is 2. The van der Waals surface area contributed by atoms with Crippen molar-refractivity contribution in [3.63, 3.8) is 0 Å². The fourth-order valence-corrected chi connectivity index (χ4v) is 2.51. The summed E-state index contributed by atoms with van der Waals surface area (Å²) in [6.45, 7) is 10.2. The molecule has 1 saturated heterocycles. The predicted molar refractivity (Wildman–Crippen MR) is 97.6 cm³/mol. The summed E-state index contributed by atoms with van der Waals surface area (Å²) in [5, 5.41) is 3.16. The molecule has 3 N–H and O–H groups in total. The van der Waals surface area contributed by atoms with Crippen LogP contribution in [0.3, 0.4) is 0 Å². The van der Waals surface area contributed by atoms with Gasteiger partial charge in [0.15, 0.2) is 5.96 Å². The second-order valence-corrected chi connectivity index (χ2v) is 6.20. The highest BCUT2D eigenvalue weighted by atomic mass is 16.5. The third kappa shape index (κ3) is 7.19. The van der Waals surface area contributed by atoms with Crippen molar-refractivity contribution < 1.29 is 9.47 Å². The molecule has 1 atom stereocenters. The second-order valence-electron chi connectivity index (χ2n) is 6.20. The van der Waals surface area contributed by atoms with Gasteiger partial charge in [-0.25, -0.2) is 4.99 Å². The standard InChI is InChI=1S/C18H30N4O2/c1-15-4-6-17(7-5-15)24-16(2)14-21-18(19)20-8-3-9-22-10-12-23-13-11-22/h4-7,16H,3,8-14H2,1-2H3,(H3,19,20,21). The summed E-state index contributed by atoms with van der Waals surface area (Å²) in [6, 6.07) is 8.02. The lowest BCUT2D eigenvalue weighted by Crippen LogP contribution is -2.39. The number of aliphatic imine (C=N–C) groups is 1. The molecule has 134 valence electrons. The van der Waals surface area contributed by atoms with Crippen LogP contribution in [0.15, 0.2) is 29.3 Å². The summed E-state index contributed by atoms with van der Waals surface area (Å²) in [4.78, 5) is 6.76. The first kappa shape index (κ1) is 18.5. The van der Waals surface area contributed by atoms with E-state index < -0.39 is 0 Å². The van der Waals surface area contributed by atoms with E-state index in [0.717, 1.165) is 51.6 Å². The van der Waals surface area contributed by atoms with Crippen molar-refractivity contribution in [3.05, 3.63) is 29.8 Å². The fourth-order valence-electron chi connectivity index (χ4n) is 2.51. The quantitative estimate of drug-likeness (QED) is 0.427. The molecule has 24 heavy (non-hydrogen) atoms. The van der Waals surface area contributed by atoms with Gasteiger partial charge in [0.05, 0.1) is 19.8 Å². The number of hydrogen-bond acceptors (Lipinski definition) is 4. The van der Waals surface area contributed by atoms with Crippen molar-refractivity contribution in [2.45, 2.75) is 26.4 Å². The average molecular weight is 334 g/mol. The van der Waals surface area contributed by atoms with Crippen molar-refractivity contribution in [1.82, 2.24) is 10.2 Å². The molecule has 0 aliphatic carbocycles. The molecule has 1 fully saturated rings. The summed E-state index contributed by atoms with van der Waals surface area (Å²) in [5.74, 6) is 1.34. The van der Waals surface area contributed by atoms with E-state index in [1.165, 1.54) is 5.56 Å². The molecule has 0 spiro atoms. The van der Waals surface area contributed by atoms with E-state index in [0.29, 0.717) is 12.5 Å². The van der Waals surface area contributed by atoms with Gasteiger partial charge in [0.1, 0.15) is 11.9 Å². The largest absolute Gasteiger partial charge is 0.489 e. The maximum absolute atomic E-state index is 5.90. The Morgan fingerprint density at radius 2 is 2.04 bits per heavy atom. The first-order valence-corrected chi connectivity index (χ1v) is 8.70. The molecule has 1 aliphatic rings. The fraction of sp³-hybridized carbons (Fsp3) is 0.611. The first-order valence-electron chi connectivity index (χ1n) is 8.70. The van der Waals surface area contributed by atoms with Crippen LogP contribution < -0.4 is 15.8 Å². The molecule has 0 amide bonds. The van der Waals surface area contributed by atoms with Crippen LogP contribution in [0.25, 0.3) is 0 Å². The zero-order valence-electron chi connectivity index (χ0n) is 14.8. The first-order chi connectivity index (χ1) is 11.6. The summed E-state index contributed by atoms with van der Waals surface area (Å²) >= 11 is 0. The van der Waals surface area contributed by atoms with Crippen LogP contribution in [0.5, 0.6) is 5.75 Å². The Bertz CT molecular complexity index is 498.